The number of rotatable bonds is 7. The van der Waals surface area contributed by atoms with Gasteiger partial charge in [-0.15, -0.1) is 11.3 Å². The Balaban J connectivity index is 2.31. The number of ether oxygens (including phenoxy) is 1. The van der Waals surface area contributed by atoms with Crippen molar-refractivity contribution in [3.05, 3.63) is 28.3 Å². The topological polar surface area (TPSA) is 88.5 Å². The molecule has 152 valence electrons. The third-order valence-corrected chi connectivity index (χ3v) is 5.61. The average molecular weight is 424 g/mol. The molecule has 28 heavy (non-hydrogen) atoms. The summed E-state index contributed by atoms with van der Waals surface area (Å²) in [5, 5.41) is 11.0. The number of nitrogens with zero attached hydrogens (tertiary/aromatic N) is 3. The van der Waals surface area contributed by atoms with Crippen LogP contribution in [-0.4, -0.2) is 51.9 Å². The second-order valence-corrected chi connectivity index (χ2v) is 7.29. The first kappa shape index (κ1) is 21.8. The predicted octanol–water partition coefficient (Wildman–Crippen LogP) is 3.35. The standard InChI is InChI=1S/C18H25N5O3S2/c1-6-22(7-2)16(24)14-11(4)13(17(25)26-5)15(28-14)20-18(27)19-12-9-10-23(8-3)21-12/h9-10H,6-8H2,1-5H3,(H2,19,20,21,27). The largest absolute Gasteiger partial charge is 0.465 e. The van der Waals surface area contributed by atoms with Gasteiger partial charge < -0.3 is 20.3 Å². The number of carbonyl (C=O) groups is 2. The first-order valence-corrected chi connectivity index (χ1v) is 10.2. The third-order valence-electron chi connectivity index (χ3n) is 4.21. The van der Waals surface area contributed by atoms with Gasteiger partial charge in [-0.1, -0.05) is 0 Å². The van der Waals surface area contributed by atoms with Crippen LogP contribution in [0.1, 0.15) is 46.4 Å². The van der Waals surface area contributed by atoms with Crippen molar-refractivity contribution in [3.63, 3.8) is 0 Å². The molecule has 0 saturated heterocycles. The van der Waals surface area contributed by atoms with Gasteiger partial charge in [0.15, 0.2) is 10.9 Å². The number of hydrogen-bond donors (Lipinski definition) is 2. The van der Waals surface area contributed by atoms with Crippen LogP contribution < -0.4 is 10.6 Å². The fourth-order valence-corrected chi connectivity index (χ4v) is 4.10. The van der Waals surface area contributed by atoms with Crippen LogP contribution in [0.5, 0.6) is 0 Å². The highest BCUT2D eigenvalue weighted by Crippen LogP contribution is 2.34. The Hall–Kier alpha value is -2.46. The summed E-state index contributed by atoms with van der Waals surface area (Å²) in [5.41, 5.74) is 0.889. The van der Waals surface area contributed by atoms with Crippen molar-refractivity contribution in [3.8, 4) is 0 Å². The molecule has 0 atom stereocenters. The van der Waals surface area contributed by atoms with Crippen LogP contribution in [0.2, 0.25) is 0 Å². The van der Waals surface area contributed by atoms with E-state index >= 15 is 0 Å². The molecular weight excluding hydrogens is 398 g/mol. The van der Waals surface area contributed by atoms with Gasteiger partial charge in [-0.3, -0.25) is 9.48 Å². The van der Waals surface area contributed by atoms with Crippen molar-refractivity contribution < 1.29 is 14.3 Å². The molecule has 8 nitrogen and oxygen atoms in total. The average Bonchev–Trinajstić information content (AvgIpc) is 3.26. The third kappa shape index (κ3) is 4.68. The maximum absolute atomic E-state index is 12.8. The van der Waals surface area contributed by atoms with Crippen LogP contribution in [0.15, 0.2) is 12.3 Å². The van der Waals surface area contributed by atoms with Crippen molar-refractivity contribution in [1.29, 1.82) is 0 Å². The van der Waals surface area contributed by atoms with Gasteiger partial charge >= 0.3 is 5.97 Å². The first-order chi connectivity index (χ1) is 13.4. The highest BCUT2D eigenvalue weighted by molar-refractivity contribution is 7.80. The summed E-state index contributed by atoms with van der Waals surface area (Å²) in [6, 6.07) is 1.80. The van der Waals surface area contributed by atoms with E-state index in [4.69, 9.17) is 17.0 Å². The number of carbonyl (C=O) groups excluding carboxylic acids is 2. The molecule has 0 fully saturated rings. The zero-order chi connectivity index (χ0) is 20.8. The van der Waals surface area contributed by atoms with E-state index in [1.165, 1.54) is 18.4 Å². The lowest BCUT2D eigenvalue weighted by atomic mass is 10.1. The second-order valence-electron chi connectivity index (χ2n) is 5.87. The monoisotopic (exact) mass is 423 g/mol. The second kappa shape index (κ2) is 9.65. The lowest BCUT2D eigenvalue weighted by Gasteiger charge is -2.17. The number of methoxy groups -OCH3 is 1. The molecule has 0 unspecified atom stereocenters. The van der Waals surface area contributed by atoms with Crippen LogP contribution in [0.4, 0.5) is 10.8 Å². The van der Waals surface area contributed by atoms with Crippen molar-refractivity contribution in [2.45, 2.75) is 34.2 Å². The lowest BCUT2D eigenvalue weighted by molar-refractivity contribution is 0.0601. The summed E-state index contributed by atoms with van der Waals surface area (Å²) >= 11 is 6.54. The molecule has 0 aliphatic rings. The Bertz CT molecular complexity index is 871. The molecule has 0 radical (unpaired) electrons. The first-order valence-electron chi connectivity index (χ1n) is 8.98. The number of aromatic nitrogens is 2. The van der Waals surface area contributed by atoms with Gasteiger partial charge in [0.1, 0.15) is 5.00 Å². The maximum atomic E-state index is 12.8. The number of amides is 1. The number of thiophene rings is 1. The molecule has 0 aromatic carbocycles. The van der Waals surface area contributed by atoms with Crippen LogP contribution in [-0.2, 0) is 11.3 Å². The van der Waals surface area contributed by atoms with Crippen molar-refractivity contribution >= 4 is 51.4 Å². The number of hydrogen-bond acceptors (Lipinski definition) is 6. The van der Waals surface area contributed by atoms with Crippen molar-refractivity contribution in [2.75, 3.05) is 30.8 Å². The molecule has 2 aromatic heterocycles. The maximum Gasteiger partial charge on any atom is 0.341 e. The molecule has 0 bridgehead atoms. The zero-order valence-electron chi connectivity index (χ0n) is 16.7. The summed E-state index contributed by atoms with van der Waals surface area (Å²) in [6.45, 7) is 9.47. The van der Waals surface area contributed by atoms with Crippen molar-refractivity contribution in [2.24, 2.45) is 0 Å². The summed E-state index contributed by atoms with van der Waals surface area (Å²) in [5.74, 6) is -0.0501. The van der Waals surface area contributed by atoms with E-state index in [2.05, 4.69) is 15.7 Å². The minimum absolute atomic E-state index is 0.119. The number of aryl methyl sites for hydroxylation is 1. The fraction of sp³-hybridized carbons (Fsp3) is 0.444. The molecule has 2 heterocycles. The molecule has 10 heteroatoms. The van der Waals surface area contributed by atoms with Crippen molar-refractivity contribution in [1.82, 2.24) is 14.7 Å². The van der Waals surface area contributed by atoms with Gasteiger partial charge in [0, 0.05) is 31.9 Å². The molecular formula is C18H25N5O3S2. The van der Waals surface area contributed by atoms with E-state index in [1.54, 1.807) is 22.6 Å². The number of esters is 1. The molecule has 0 aliphatic carbocycles. The normalized spacial score (nSPS) is 10.5. The molecule has 2 N–H and O–H groups in total. The molecule has 1 amide bonds. The van der Waals surface area contributed by atoms with E-state index < -0.39 is 5.97 Å². The van der Waals surface area contributed by atoms with Crippen LogP contribution in [0.3, 0.4) is 0 Å². The van der Waals surface area contributed by atoms with Gasteiger partial charge in [0.2, 0.25) is 0 Å². The van der Waals surface area contributed by atoms with Gasteiger partial charge in [0.05, 0.1) is 17.6 Å². The molecule has 0 saturated carbocycles. The van der Waals surface area contributed by atoms with Gasteiger partial charge in [-0.25, -0.2) is 4.79 Å². The summed E-state index contributed by atoms with van der Waals surface area (Å²) < 4.78 is 6.67. The SMILES string of the molecule is CCN(CC)C(=O)c1sc(NC(=S)Nc2ccn(CC)n2)c(C(=O)OC)c1C. The summed E-state index contributed by atoms with van der Waals surface area (Å²) in [7, 11) is 1.31. The molecule has 2 rings (SSSR count). The Morgan fingerprint density at radius 1 is 1.29 bits per heavy atom. The van der Waals surface area contributed by atoms with E-state index in [1.807, 2.05) is 27.0 Å². The minimum Gasteiger partial charge on any atom is -0.465 e. The summed E-state index contributed by atoms with van der Waals surface area (Å²) in [4.78, 5) is 27.3. The number of anilines is 2. The van der Waals surface area contributed by atoms with Crippen LogP contribution >= 0.6 is 23.6 Å². The Morgan fingerprint density at radius 3 is 2.50 bits per heavy atom. The lowest BCUT2D eigenvalue weighted by Crippen LogP contribution is -2.30. The number of thiocarbonyl (C=S) groups is 1. The Morgan fingerprint density at radius 2 is 1.96 bits per heavy atom. The van der Waals surface area contributed by atoms with Gasteiger partial charge in [-0.05, 0) is 45.5 Å². The Labute approximate surface area is 173 Å². The Kier molecular flexibility index (Phi) is 7.53. The van der Waals surface area contributed by atoms with Gasteiger partial charge in [0.25, 0.3) is 5.91 Å². The van der Waals surface area contributed by atoms with E-state index in [0.717, 1.165) is 6.54 Å². The van der Waals surface area contributed by atoms with Crippen LogP contribution in [0, 0.1) is 6.92 Å². The number of nitrogens with one attached hydrogen (secondary N) is 2. The van der Waals surface area contributed by atoms with Gasteiger partial charge in [-0.2, -0.15) is 5.10 Å². The van der Waals surface area contributed by atoms with Crippen LogP contribution in [0.25, 0.3) is 0 Å². The molecule has 0 aliphatic heterocycles. The quantitative estimate of drug-likeness (QED) is 0.521. The highest BCUT2D eigenvalue weighted by atomic mass is 32.1. The van der Waals surface area contributed by atoms with E-state index in [9.17, 15) is 9.59 Å². The van der Waals surface area contributed by atoms with E-state index in [-0.39, 0.29) is 11.0 Å². The van der Waals surface area contributed by atoms with E-state index in [0.29, 0.717) is 39.9 Å². The fourth-order valence-electron chi connectivity index (χ4n) is 2.66. The summed E-state index contributed by atoms with van der Waals surface area (Å²) in [6.07, 6.45) is 1.83. The predicted molar refractivity (Wildman–Crippen MR) is 115 cm³/mol. The molecule has 2 aromatic rings. The highest BCUT2D eigenvalue weighted by Gasteiger charge is 2.27. The molecule has 0 spiro atoms. The zero-order valence-corrected chi connectivity index (χ0v) is 18.3. The minimum atomic E-state index is -0.520. The smallest absolute Gasteiger partial charge is 0.341 e.